The van der Waals surface area contributed by atoms with Crippen LogP contribution >= 0.6 is 0 Å². The third kappa shape index (κ3) is 2.84. The molecule has 1 aromatic rings. The zero-order valence-corrected chi connectivity index (χ0v) is 10.8. The molecule has 17 heavy (non-hydrogen) atoms. The highest BCUT2D eigenvalue weighted by Gasteiger charge is 2.40. The van der Waals surface area contributed by atoms with Crippen molar-refractivity contribution in [2.75, 3.05) is 11.5 Å². The fourth-order valence-electron chi connectivity index (χ4n) is 2.22. The van der Waals surface area contributed by atoms with Crippen LogP contribution in [0.3, 0.4) is 0 Å². The minimum Gasteiger partial charge on any atom is -0.324 e. The van der Waals surface area contributed by atoms with Gasteiger partial charge in [-0.25, -0.2) is 13.4 Å². The average Bonchev–Trinajstić information content (AvgIpc) is 2.73. The van der Waals surface area contributed by atoms with Gasteiger partial charge >= 0.3 is 0 Å². The predicted octanol–water partition coefficient (Wildman–Crippen LogP) is -0.253. The summed E-state index contributed by atoms with van der Waals surface area (Å²) in [5, 5.41) is 4.12. The van der Waals surface area contributed by atoms with E-state index in [1.54, 1.807) is 4.68 Å². The summed E-state index contributed by atoms with van der Waals surface area (Å²) in [5.41, 5.74) is 5.46. The van der Waals surface area contributed by atoms with Gasteiger partial charge in [0.1, 0.15) is 12.2 Å². The predicted molar refractivity (Wildman–Crippen MR) is 64.2 cm³/mol. The standard InChI is InChI=1S/C10H18N4O2S/c1-2-4-14-9(12-8-13-14)6-10(11)3-5-17(15,16)7-10/h8H,2-7,11H2,1H3. The molecule has 0 radical (unpaired) electrons. The molecule has 2 heterocycles. The van der Waals surface area contributed by atoms with Crippen molar-refractivity contribution in [3.05, 3.63) is 12.2 Å². The first-order valence-electron chi connectivity index (χ1n) is 5.80. The lowest BCUT2D eigenvalue weighted by Gasteiger charge is -2.21. The van der Waals surface area contributed by atoms with Crippen molar-refractivity contribution in [3.8, 4) is 0 Å². The highest BCUT2D eigenvalue weighted by Crippen LogP contribution is 2.24. The maximum absolute atomic E-state index is 11.5. The highest BCUT2D eigenvalue weighted by atomic mass is 32.2. The van der Waals surface area contributed by atoms with Gasteiger partial charge in [0.25, 0.3) is 0 Å². The molecule has 1 aliphatic heterocycles. The normalized spacial score (nSPS) is 27.4. The summed E-state index contributed by atoms with van der Waals surface area (Å²) >= 11 is 0. The van der Waals surface area contributed by atoms with Crippen molar-refractivity contribution in [1.29, 1.82) is 0 Å². The van der Waals surface area contributed by atoms with Crippen molar-refractivity contribution in [2.24, 2.45) is 5.73 Å². The molecule has 7 heteroatoms. The van der Waals surface area contributed by atoms with Gasteiger partial charge < -0.3 is 5.73 Å². The van der Waals surface area contributed by atoms with E-state index in [0.717, 1.165) is 18.8 Å². The molecule has 1 atom stereocenters. The third-order valence-electron chi connectivity index (χ3n) is 3.06. The second-order valence-electron chi connectivity index (χ2n) is 4.78. The van der Waals surface area contributed by atoms with Gasteiger partial charge in [-0.05, 0) is 12.8 Å². The quantitative estimate of drug-likeness (QED) is 0.804. The van der Waals surface area contributed by atoms with Gasteiger partial charge in [-0.15, -0.1) is 0 Å². The molecule has 0 spiro atoms. The molecule has 0 saturated carbocycles. The first kappa shape index (κ1) is 12.5. The van der Waals surface area contributed by atoms with E-state index in [1.165, 1.54) is 6.33 Å². The molecule has 0 aromatic carbocycles. The van der Waals surface area contributed by atoms with E-state index in [-0.39, 0.29) is 11.5 Å². The molecule has 96 valence electrons. The van der Waals surface area contributed by atoms with Crippen LogP contribution in [0.1, 0.15) is 25.6 Å². The summed E-state index contributed by atoms with van der Waals surface area (Å²) in [7, 11) is -2.96. The molecular weight excluding hydrogens is 240 g/mol. The molecule has 1 fully saturated rings. The Morgan fingerprint density at radius 1 is 1.59 bits per heavy atom. The minimum atomic E-state index is -2.96. The Balaban J connectivity index is 2.13. The van der Waals surface area contributed by atoms with E-state index >= 15 is 0 Å². The van der Waals surface area contributed by atoms with E-state index in [9.17, 15) is 8.42 Å². The molecule has 0 aliphatic carbocycles. The average molecular weight is 258 g/mol. The number of hydrogen-bond acceptors (Lipinski definition) is 5. The Kier molecular flexibility index (Phi) is 3.22. The molecule has 1 unspecified atom stereocenters. The number of nitrogens with zero attached hydrogens (tertiary/aromatic N) is 3. The van der Waals surface area contributed by atoms with Gasteiger partial charge in [0.05, 0.1) is 11.5 Å². The van der Waals surface area contributed by atoms with E-state index in [2.05, 4.69) is 17.0 Å². The Morgan fingerprint density at radius 3 is 2.94 bits per heavy atom. The van der Waals surface area contributed by atoms with Gasteiger partial charge in [0.2, 0.25) is 0 Å². The fraction of sp³-hybridized carbons (Fsp3) is 0.800. The number of aryl methyl sites for hydroxylation is 1. The van der Waals surface area contributed by atoms with Crippen LogP contribution in [0.5, 0.6) is 0 Å². The van der Waals surface area contributed by atoms with Crippen LogP contribution in [-0.2, 0) is 22.8 Å². The summed E-state index contributed by atoms with van der Waals surface area (Å²) in [5.74, 6) is 1.02. The zero-order valence-electron chi connectivity index (χ0n) is 9.96. The van der Waals surface area contributed by atoms with Crippen molar-refractivity contribution in [2.45, 2.75) is 38.3 Å². The maximum atomic E-state index is 11.5. The Morgan fingerprint density at radius 2 is 2.35 bits per heavy atom. The summed E-state index contributed by atoms with van der Waals surface area (Å²) in [6, 6.07) is 0. The van der Waals surface area contributed by atoms with Crippen molar-refractivity contribution >= 4 is 9.84 Å². The molecule has 1 aromatic heterocycles. The largest absolute Gasteiger partial charge is 0.324 e. The third-order valence-corrected chi connectivity index (χ3v) is 4.90. The topological polar surface area (TPSA) is 90.9 Å². The van der Waals surface area contributed by atoms with Crippen LogP contribution in [0.4, 0.5) is 0 Å². The van der Waals surface area contributed by atoms with Crippen LogP contribution in [0, 0.1) is 0 Å². The first-order valence-corrected chi connectivity index (χ1v) is 7.62. The molecule has 0 amide bonds. The van der Waals surface area contributed by atoms with Crippen molar-refractivity contribution in [3.63, 3.8) is 0 Å². The van der Waals surface area contributed by atoms with Crippen LogP contribution in [0.25, 0.3) is 0 Å². The minimum absolute atomic E-state index is 0.0545. The monoisotopic (exact) mass is 258 g/mol. The van der Waals surface area contributed by atoms with Gasteiger partial charge in [-0.1, -0.05) is 6.92 Å². The summed E-state index contributed by atoms with van der Waals surface area (Å²) in [6.45, 7) is 2.85. The first-order chi connectivity index (χ1) is 7.94. The lowest BCUT2D eigenvalue weighted by molar-refractivity contribution is 0.442. The Hall–Kier alpha value is -0.950. The maximum Gasteiger partial charge on any atom is 0.152 e. The number of rotatable bonds is 4. The molecule has 2 N–H and O–H groups in total. The van der Waals surface area contributed by atoms with E-state index in [4.69, 9.17) is 5.73 Å². The number of hydrogen-bond donors (Lipinski definition) is 1. The second-order valence-corrected chi connectivity index (χ2v) is 6.96. The SMILES string of the molecule is CCCn1ncnc1CC1(N)CCS(=O)(=O)C1. The molecule has 1 saturated heterocycles. The second kappa shape index (κ2) is 4.38. The van der Waals surface area contributed by atoms with Gasteiger partial charge in [-0.2, -0.15) is 5.10 Å². The molecule has 1 aliphatic rings. The number of sulfone groups is 1. The molecule has 0 bridgehead atoms. The summed E-state index contributed by atoms with van der Waals surface area (Å²) in [6.07, 6.45) is 3.45. The van der Waals surface area contributed by atoms with E-state index in [1.807, 2.05) is 0 Å². The van der Waals surface area contributed by atoms with Crippen molar-refractivity contribution in [1.82, 2.24) is 14.8 Å². The molecule has 2 rings (SSSR count). The van der Waals surface area contributed by atoms with E-state index < -0.39 is 15.4 Å². The van der Waals surface area contributed by atoms with Gasteiger partial charge in [-0.3, -0.25) is 4.68 Å². The Labute approximate surface area is 101 Å². The number of nitrogens with two attached hydrogens (primary N) is 1. The highest BCUT2D eigenvalue weighted by molar-refractivity contribution is 7.91. The fourth-order valence-corrected chi connectivity index (χ4v) is 4.20. The van der Waals surface area contributed by atoms with Crippen molar-refractivity contribution < 1.29 is 8.42 Å². The van der Waals surface area contributed by atoms with Gasteiger partial charge in [0, 0.05) is 18.5 Å². The van der Waals surface area contributed by atoms with Crippen LogP contribution < -0.4 is 5.73 Å². The molecule has 6 nitrogen and oxygen atoms in total. The van der Waals surface area contributed by atoms with E-state index in [0.29, 0.717) is 12.8 Å². The van der Waals surface area contributed by atoms with Gasteiger partial charge in [0.15, 0.2) is 9.84 Å². The lowest BCUT2D eigenvalue weighted by Crippen LogP contribution is -2.44. The van der Waals surface area contributed by atoms with Crippen LogP contribution in [0.2, 0.25) is 0 Å². The van der Waals surface area contributed by atoms with Crippen LogP contribution in [0.15, 0.2) is 6.33 Å². The summed E-state index contributed by atoms with van der Waals surface area (Å²) in [4.78, 5) is 4.17. The van der Waals surface area contributed by atoms with Crippen LogP contribution in [-0.4, -0.2) is 40.2 Å². The molecular formula is C10H18N4O2S. The number of aromatic nitrogens is 3. The smallest absolute Gasteiger partial charge is 0.152 e. The lowest BCUT2D eigenvalue weighted by atomic mass is 9.96. The zero-order chi connectivity index (χ0) is 12.5. The summed E-state index contributed by atoms with van der Waals surface area (Å²) < 4.78 is 24.7. The Bertz CT molecular complexity index is 496.